The van der Waals surface area contributed by atoms with Gasteiger partial charge in [-0.1, -0.05) is 0 Å². The molecule has 2 aromatic rings. The highest BCUT2D eigenvalue weighted by atomic mass is 16.5. The quantitative estimate of drug-likeness (QED) is 0.739. The van der Waals surface area contributed by atoms with E-state index in [1.54, 1.807) is 13.3 Å². The van der Waals surface area contributed by atoms with Crippen LogP contribution in [0, 0.1) is 6.92 Å². The average molecular weight is 189 g/mol. The van der Waals surface area contributed by atoms with E-state index in [0.717, 1.165) is 22.2 Å². The van der Waals surface area contributed by atoms with Gasteiger partial charge in [0, 0.05) is 11.6 Å². The van der Waals surface area contributed by atoms with E-state index in [-0.39, 0.29) is 5.95 Å². The van der Waals surface area contributed by atoms with Gasteiger partial charge in [0.15, 0.2) is 0 Å². The number of benzene rings is 1. The van der Waals surface area contributed by atoms with Gasteiger partial charge in [-0.05, 0) is 24.6 Å². The summed E-state index contributed by atoms with van der Waals surface area (Å²) in [6, 6.07) is 3.92. The summed E-state index contributed by atoms with van der Waals surface area (Å²) in [4.78, 5) is 8.06. The molecule has 14 heavy (non-hydrogen) atoms. The number of aromatic nitrogens is 2. The molecule has 1 heterocycles. The van der Waals surface area contributed by atoms with Crippen LogP contribution < -0.4 is 10.5 Å². The summed E-state index contributed by atoms with van der Waals surface area (Å²) >= 11 is 0. The molecule has 2 rings (SSSR count). The van der Waals surface area contributed by atoms with Crippen LogP contribution >= 0.6 is 0 Å². The second-order valence-electron chi connectivity index (χ2n) is 3.13. The number of hydrogen-bond acceptors (Lipinski definition) is 4. The predicted molar refractivity (Wildman–Crippen MR) is 55.2 cm³/mol. The highest BCUT2D eigenvalue weighted by Crippen LogP contribution is 2.25. The van der Waals surface area contributed by atoms with Crippen LogP contribution in [0.1, 0.15) is 5.56 Å². The highest BCUT2D eigenvalue weighted by Gasteiger charge is 2.04. The van der Waals surface area contributed by atoms with Crippen LogP contribution in [0.4, 0.5) is 5.95 Å². The number of ether oxygens (including phenoxy) is 1. The molecule has 0 spiro atoms. The fraction of sp³-hybridized carbons (Fsp3) is 0.200. The second-order valence-corrected chi connectivity index (χ2v) is 3.13. The van der Waals surface area contributed by atoms with Crippen LogP contribution in [-0.2, 0) is 0 Å². The first-order valence-electron chi connectivity index (χ1n) is 4.27. The van der Waals surface area contributed by atoms with E-state index in [2.05, 4.69) is 9.97 Å². The largest absolute Gasteiger partial charge is 0.494 e. The van der Waals surface area contributed by atoms with E-state index in [1.165, 1.54) is 0 Å². The van der Waals surface area contributed by atoms with Gasteiger partial charge in [0.2, 0.25) is 5.95 Å². The molecule has 1 aromatic heterocycles. The van der Waals surface area contributed by atoms with Crippen molar-refractivity contribution >= 4 is 16.9 Å². The molecule has 2 N–H and O–H groups in total. The maximum absolute atomic E-state index is 5.51. The lowest BCUT2D eigenvalue weighted by atomic mass is 10.1. The third kappa shape index (κ3) is 1.35. The van der Waals surface area contributed by atoms with E-state index < -0.39 is 0 Å². The van der Waals surface area contributed by atoms with Crippen molar-refractivity contribution in [1.29, 1.82) is 0 Å². The molecule has 0 unspecified atom stereocenters. The Bertz CT molecular complexity index is 482. The van der Waals surface area contributed by atoms with Gasteiger partial charge in [-0.25, -0.2) is 9.97 Å². The van der Waals surface area contributed by atoms with Gasteiger partial charge in [-0.2, -0.15) is 0 Å². The van der Waals surface area contributed by atoms with Gasteiger partial charge < -0.3 is 10.5 Å². The van der Waals surface area contributed by atoms with Gasteiger partial charge in [-0.15, -0.1) is 0 Å². The fourth-order valence-electron chi connectivity index (χ4n) is 1.43. The van der Waals surface area contributed by atoms with Crippen LogP contribution in [0.3, 0.4) is 0 Å². The lowest BCUT2D eigenvalue weighted by Gasteiger charge is -2.05. The Morgan fingerprint density at radius 1 is 1.36 bits per heavy atom. The van der Waals surface area contributed by atoms with Gasteiger partial charge in [0.1, 0.15) is 11.3 Å². The number of nitrogens with two attached hydrogens (primary N) is 1. The van der Waals surface area contributed by atoms with Crippen molar-refractivity contribution in [3.8, 4) is 5.75 Å². The minimum absolute atomic E-state index is 0.264. The Kier molecular flexibility index (Phi) is 1.96. The van der Waals surface area contributed by atoms with Crippen molar-refractivity contribution in [3.05, 3.63) is 23.9 Å². The summed E-state index contributed by atoms with van der Waals surface area (Å²) in [6.45, 7) is 2.00. The molecule has 72 valence electrons. The molecule has 0 bridgehead atoms. The number of anilines is 1. The smallest absolute Gasteiger partial charge is 0.220 e. The molecule has 4 nitrogen and oxygen atoms in total. The first-order chi connectivity index (χ1) is 6.70. The molecule has 0 aliphatic rings. The average Bonchev–Trinajstić information content (AvgIpc) is 2.17. The van der Waals surface area contributed by atoms with Crippen LogP contribution in [0.15, 0.2) is 18.3 Å². The molecule has 0 amide bonds. The first kappa shape index (κ1) is 8.74. The van der Waals surface area contributed by atoms with Crippen molar-refractivity contribution in [2.24, 2.45) is 0 Å². The number of nitrogen functional groups attached to an aromatic ring is 1. The topological polar surface area (TPSA) is 61.0 Å². The zero-order chi connectivity index (χ0) is 10.1. The summed E-state index contributed by atoms with van der Waals surface area (Å²) < 4.78 is 5.22. The molecule has 0 saturated heterocycles. The molecule has 0 aliphatic heterocycles. The van der Waals surface area contributed by atoms with E-state index in [9.17, 15) is 0 Å². The number of methoxy groups -OCH3 is 1. The van der Waals surface area contributed by atoms with Crippen LogP contribution in [-0.4, -0.2) is 17.1 Å². The normalized spacial score (nSPS) is 10.4. The van der Waals surface area contributed by atoms with Gasteiger partial charge >= 0.3 is 0 Å². The molecular weight excluding hydrogens is 178 g/mol. The molecule has 1 aromatic carbocycles. The number of aryl methyl sites for hydroxylation is 1. The van der Waals surface area contributed by atoms with Gasteiger partial charge in [-0.3, -0.25) is 0 Å². The molecule has 4 heteroatoms. The molecule has 0 radical (unpaired) electrons. The van der Waals surface area contributed by atoms with Gasteiger partial charge in [0.25, 0.3) is 0 Å². The maximum atomic E-state index is 5.51. The number of rotatable bonds is 1. The summed E-state index contributed by atoms with van der Waals surface area (Å²) in [5.41, 5.74) is 7.38. The summed E-state index contributed by atoms with van der Waals surface area (Å²) in [5, 5.41) is 0.941. The lowest BCUT2D eigenvalue weighted by molar-refractivity contribution is 0.418. The molecule has 0 aliphatic carbocycles. The molecule has 0 saturated carbocycles. The lowest BCUT2D eigenvalue weighted by Crippen LogP contribution is -1.96. The monoisotopic (exact) mass is 189 g/mol. The number of hydrogen-bond donors (Lipinski definition) is 1. The first-order valence-corrected chi connectivity index (χ1v) is 4.27. The minimum atomic E-state index is 0.264. The van der Waals surface area contributed by atoms with E-state index >= 15 is 0 Å². The molecular formula is C10H11N3O. The maximum Gasteiger partial charge on any atom is 0.220 e. The van der Waals surface area contributed by atoms with Crippen molar-refractivity contribution < 1.29 is 4.74 Å². The Balaban J connectivity index is 2.81. The van der Waals surface area contributed by atoms with Gasteiger partial charge in [0.05, 0.1) is 7.11 Å². The SMILES string of the molecule is COc1cc(C)cc2cnc(N)nc12. The zero-order valence-corrected chi connectivity index (χ0v) is 8.11. The van der Waals surface area contributed by atoms with E-state index in [0.29, 0.717) is 0 Å². The third-order valence-electron chi connectivity index (χ3n) is 2.03. The molecule has 0 atom stereocenters. The Morgan fingerprint density at radius 3 is 2.86 bits per heavy atom. The van der Waals surface area contributed by atoms with Crippen LogP contribution in [0.5, 0.6) is 5.75 Å². The van der Waals surface area contributed by atoms with E-state index in [1.807, 2.05) is 19.1 Å². The minimum Gasteiger partial charge on any atom is -0.494 e. The second kappa shape index (κ2) is 3.14. The summed E-state index contributed by atoms with van der Waals surface area (Å²) in [7, 11) is 1.62. The van der Waals surface area contributed by atoms with Crippen molar-refractivity contribution in [1.82, 2.24) is 9.97 Å². The Morgan fingerprint density at radius 2 is 2.14 bits per heavy atom. The standard InChI is InChI=1S/C10H11N3O/c1-6-3-7-5-12-10(11)13-9(7)8(4-6)14-2/h3-5H,1-2H3,(H2,11,12,13). The van der Waals surface area contributed by atoms with Crippen molar-refractivity contribution in [3.63, 3.8) is 0 Å². The summed E-state index contributed by atoms with van der Waals surface area (Å²) in [5.74, 6) is 0.994. The van der Waals surface area contributed by atoms with Crippen molar-refractivity contribution in [2.45, 2.75) is 6.92 Å². The van der Waals surface area contributed by atoms with Crippen LogP contribution in [0.25, 0.3) is 10.9 Å². The summed E-state index contributed by atoms with van der Waals surface area (Å²) in [6.07, 6.45) is 1.70. The third-order valence-corrected chi connectivity index (χ3v) is 2.03. The number of fused-ring (bicyclic) bond motifs is 1. The fourth-order valence-corrected chi connectivity index (χ4v) is 1.43. The van der Waals surface area contributed by atoms with E-state index in [4.69, 9.17) is 10.5 Å². The number of nitrogens with zero attached hydrogens (tertiary/aromatic N) is 2. The zero-order valence-electron chi connectivity index (χ0n) is 8.11. The van der Waals surface area contributed by atoms with Crippen LogP contribution in [0.2, 0.25) is 0 Å². The van der Waals surface area contributed by atoms with Crippen molar-refractivity contribution in [2.75, 3.05) is 12.8 Å². The molecule has 0 fully saturated rings. The highest BCUT2D eigenvalue weighted by molar-refractivity contribution is 5.85. The predicted octanol–water partition coefficient (Wildman–Crippen LogP) is 1.53. The Hall–Kier alpha value is -1.84. The Labute approximate surface area is 81.7 Å².